The van der Waals surface area contributed by atoms with Gasteiger partial charge in [0.1, 0.15) is 17.4 Å². The number of aryl methyl sites for hydroxylation is 1. The molecule has 1 aromatic carbocycles. The van der Waals surface area contributed by atoms with E-state index in [0.717, 1.165) is 0 Å². The summed E-state index contributed by atoms with van der Waals surface area (Å²) in [5, 5.41) is 19.5. The first-order valence-electron chi connectivity index (χ1n) is 4.81. The molecule has 0 unspecified atom stereocenters. The van der Waals surface area contributed by atoms with Gasteiger partial charge >= 0.3 is 0 Å². The van der Waals surface area contributed by atoms with Crippen LogP contribution < -0.4 is 4.74 Å². The number of nitro groups is 1. The predicted molar refractivity (Wildman–Crippen MR) is 58.3 cm³/mol. The van der Waals surface area contributed by atoms with E-state index in [2.05, 4.69) is 0 Å². The minimum atomic E-state index is -0.521. The molecular weight excluding hydrogens is 208 g/mol. The highest BCUT2D eigenvalue weighted by atomic mass is 16.6. The molecule has 0 amide bonds. The lowest BCUT2D eigenvalue weighted by atomic mass is 10.1. The Morgan fingerprint density at radius 1 is 1.50 bits per heavy atom. The van der Waals surface area contributed by atoms with Crippen molar-refractivity contribution in [2.75, 3.05) is 0 Å². The maximum atomic E-state index is 10.6. The van der Waals surface area contributed by atoms with Gasteiger partial charge in [0.2, 0.25) is 0 Å². The van der Waals surface area contributed by atoms with E-state index < -0.39 is 4.92 Å². The van der Waals surface area contributed by atoms with Gasteiger partial charge in [0.05, 0.1) is 11.0 Å². The molecule has 0 bridgehead atoms. The summed E-state index contributed by atoms with van der Waals surface area (Å²) in [6.07, 6.45) is -0.0766. The van der Waals surface area contributed by atoms with Crippen LogP contribution in [-0.4, -0.2) is 11.0 Å². The van der Waals surface area contributed by atoms with Crippen molar-refractivity contribution >= 4 is 5.69 Å². The fourth-order valence-corrected chi connectivity index (χ4v) is 1.34. The number of hydrogen-bond donors (Lipinski definition) is 0. The smallest absolute Gasteiger partial charge is 0.271 e. The molecule has 0 aromatic heterocycles. The zero-order chi connectivity index (χ0) is 12.3. The second kappa shape index (κ2) is 4.62. The molecule has 0 aliphatic rings. The first kappa shape index (κ1) is 12.0. The van der Waals surface area contributed by atoms with Crippen LogP contribution >= 0.6 is 0 Å². The monoisotopic (exact) mass is 220 g/mol. The number of rotatable bonds is 3. The van der Waals surface area contributed by atoms with Crippen molar-refractivity contribution in [3.05, 3.63) is 33.4 Å². The van der Waals surface area contributed by atoms with E-state index in [0.29, 0.717) is 11.3 Å². The SMILES string of the molecule is Cc1cc([N+](=O)[O-])cc(C#N)c1OC(C)C. The van der Waals surface area contributed by atoms with Crippen LogP contribution in [0.15, 0.2) is 12.1 Å². The first-order chi connectivity index (χ1) is 7.45. The number of hydrogen-bond acceptors (Lipinski definition) is 4. The summed E-state index contributed by atoms with van der Waals surface area (Å²) in [6, 6.07) is 4.54. The van der Waals surface area contributed by atoms with Crippen molar-refractivity contribution in [3.8, 4) is 11.8 Å². The molecule has 0 heterocycles. The molecule has 0 fully saturated rings. The molecule has 0 N–H and O–H groups in total. The molecular formula is C11H12N2O3. The number of nitriles is 1. The van der Waals surface area contributed by atoms with Crippen LogP contribution in [0, 0.1) is 28.4 Å². The Balaban J connectivity index is 3.30. The second-order valence-electron chi connectivity index (χ2n) is 3.67. The second-order valence-corrected chi connectivity index (χ2v) is 3.67. The van der Waals surface area contributed by atoms with Gasteiger partial charge in [-0.15, -0.1) is 0 Å². The zero-order valence-electron chi connectivity index (χ0n) is 9.35. The van der Waals surface area contributed by atoms with E-state index in [1.807, 2.05) is 19.9 Å². The highest BCUT2D eigenvalue weighted by Crippen LogP contribution is 2.29. The van der Waals surface area contributed by atoms with Crippen LogP contribution in [0.1, 0.15) is 25.0 Å². The van der Waals surface area contributed by atoms with Crippen molar-refractivity contribution < 1.29 is 9.66 Å². The molecule has 0 aliphatic heterocycles. The van der Waals surface area contributed by atoms with Crippen molar-refractivity contribution in [2.24, 2.45) is 0 Å². The summed E-state index contributed by atoms with van der Waals surface area (Å²) < 4.78 is 5.46. The van der Waals surface area contributed by atoms with Crippen LogP contribution in [0.3, 0.4) is 0 Å². The molecule has 5 heteroatoms. The highest BCUT2D eigenvalue weighted by Gasteiger charge is 2.16. The van der Waals surface area contributed by atoms with Crippen LogP contribution in [-0.2, 0) is 0 Å². The van der Waals surface area contributed by atoms with Gasteiger partial charge in [-0.1, -0.05) is 0 Å². The average molecular weight is 220 g/mol. The van der Waals surface area contributed by atoms with Gasteiger partial charge in [-0.05, 0) is 26.3 Å². The van der Waals surface area contributed by atoms with Crippen molar-refractivity contribution in [1.29, 1.82) is 5.26 Å². The Bertz CT molecular complexity index is 461. The topological polar surface area (TPSA) is 76.2 Å². The summed E-state index contributed by atoms with van der Waals surface area (Å²) in [5.74, 6) is 0.420. The van der Waals surface area contributed by atoms with E-state index in [9.17, 15) is 10.1 Å². The molecule has 84 valence electrons. The van der Waals surface area contributed by atoms with Crippen molar-refractivity contribution in [2.45, 2.75) is 26.9 Å². The summed E-state index contributed by atoms with van der Waals surface area (Å²) in [6.45, 7) is 5.36. The molecule has 0 saturated heterocycles. The van der Waals surface area contributed by atoms with Gasteiger partial charge in [-0.25, -0.2) is 0 Å². The van der Waals surface area contributed by atoms with E-state index in [1.165, 1.54) is 12.1 Å². The Labute approximate surface area is 93.4 Å². The Morgan fingerprint density at radius 3 is 2.56 bits per heavy atom. The quantitative estimate of drug-likeness (QED) is 0.579. The van der Waals surface area contributed by atoms with Gasteiger partial charge in [0.15, 0.2) is 0 Å². The number of nitrogens with zero attached hydrogens (tertiary/aromatic N) is 2. The predicted octanol–water partition coefficient (Wildman–Crippen LogP) is 2.56. The third-order valence-electron chi connectivity index (χ3n) is 1.94. The van der Waals surface area contributed by atoms with E-state index in [4.69, 9.17) is 10.00 Å². The molecule has 1 rings (SSSR count). The van der Waals surface area contributed by atoms with Gasteiger partial charge < -0.3 is 4.74 Å². The average Bonchev–Trinajstić information content (AvgIpc) is 2.19. The van der Waals surface area contributed by atoms with E-state index in [-0.39, 0.29) is 17.4 Å². The lowest BCUT2D eigenvalue weighted by Gasteiger charge is -2.13. The molecule has 0 saturated carbocycles. The summed E-state index contributed by atoms with van der Waals surface area (Å²) in [5.41, 5.74) is 0.699. The molecule has 1 aromatic rings. The van der Waals surface area contributed by atoms with E-state index in [1.54, 1.807) is 6.92 Å². The van der Waals surface area contributed by atoms with Gasteiger partial charge in [0, 0.05) is 12.1 Å². The normalized spacial score (nSPS) is 9.94. The summed E-state index contributed by atoms with van der Waals surface area (Å²) in [4.78, 5) is 10.1. The van der Waals surface area contributed by atoms with E-state index >= 15 is 0 Å². The molecule has 5 nitrogen and oxygen atoms in total. The lowest BCUT2D eigenvalue weighted by molar-refractivity contribution is -0.384. The summed E-state index contributed by atoms with van der Waals surface area (Å²) in [7, 11) is 0. The van der Waals surface area contributed by atoms with Crippen LogP contribution in [0.25, 0.3) is 0 Å². The minimum Gasteiger partial charge on any atom is -0.489 e. The maximum Gasteiger partial charge on any atom is 0.271 e. The third kappa shape index (κ3) is 2.48. The molecule has 0 radical (unpaired) electrons. The van der Waals surface area contributed by atoms with Crippen LogP contribution in [0.2, 0.25) is 0 Å². The molecule has 0 atom stereocenters. The largest absolute Gasteiger partial charge is 0.489 e. The van der Waals surface area contributed by atoms with Gasteiger partial charge in [-0.3, -0.25) is 10.1 Å². The maximum absolute atomic E-state index is 10.6. The molecule has 0 spiro atoms. The Kier molecular flexibility index (Phi) is 3.46. The van der Waals surface area contributed by atoms with Crippen molar-refractivity contribution in [3.63, 3.8) is 0 Å². The number of ether oxygens (including phenoxy) is 1. The Hall–Kier alpha value is -2.09. The first-order valence-corrected chi connectivity index (χ1v) is 4.81. The van der Waals surface area contributed by atoms with Gasteiger partial charge in [0.25, 0.3) is 5.69 Å². The zero-order valence-corrected chi connectivity index (χ0v) is 9.35. The lowest BCUT2D eigenvalue weighted by Crippen LogP contribution is -2.08. The van der Waals surface area contributed by atoms with Crippen LogP contribution in [0.4, 0.5) is 5.69 Å². The standard InChI is InChI=1S/C11H12N2O3/c1-7(2)16-11-8(3)4-10(13(14)15)5-9(11)6-12/h4-5,7H,1-3H3. The third-order valence-corrected chi connectivity index (χ3v) is 1.94. The molecule has 16 heavy (non-hydrogen) atoms. The van der Waals surface area contributed by atoms with Crippen LogP contribution in [0.5, 0.6) is 5.75 Å². The number of nitro benzene ring substituents is 1. The van der Waals surface area contributed by atoms with Crippen molar-refractivity contribution in [1.82, 2.24) is 0 Å². The minimum absolute atomic E-state index is 0.0766. The summed E-state index contributed by atoms with van der Waals surface area (Å²) >= 11 is 0. The highest BCUT2D eigenvalue weighted by molar-refractivity contribution is 5.54. The van der Waals surface area contributed by atoms with Gasteiger partial charge in [-0.2, -0.15) is 5.26 Å². The molecule has 0 aliphatic carbocycles. The number of benzene rings is 1. The Morgan fingerprint density at radius 2 is 2.12 bits per heavy atom. The fourth-order valence-electron chi connectivity index (χ4n) is 1.34. The number of non-ortho nitro benzene ring substituents is 1. The fraction of sp³-hybridized carbons (Fsp3) is 0.364.